The lowest BCUT2D eigenvalue weighted by Gasteiger charge is -2.33. The summed E-state index contributed by atoms with van der Waals surface area (Å²) in [4.78, 5) is 21.9. The van der Waals surface area contributed by atoms with E-state index >= 15 is 0 Å². The smallest absolute Gasteiger partial charge is 0.338 e. The van der Waals surface area contributed by atoms with E-state index in [1.54, 1.807) is 18.3 Å². The molecule has 0 saturated heterocycles. The fraction of sp³-hybridized carbons (Fsp3) is 0.381. The maximum Gasteiger partial charge on any atom is 0.338 e. The van der Waals surface area contributed by atoms with Crippen LogP contribution in [0.3, 0.4) is 0 Å². The number of hydrogen-bond donors (Lipinski definition) is 1. The molecule has 152 valence electrons. The van der Waals surface area contributed by atoms with Gasteiger partial charge in [-0.3, -0.25) is 4.99 Å². The van der Waals surface area contributed by atoms with Crippen molar-refractivity contribution >= 4 is 34.7 Å². The molecular formula is C21H21ClFN3O2S. The third kappa shape index (κ3) is 3.94. The lowest BCUT2D eigenvalue weighted by Crippen LogP contribution is -2.37. The van der Waals surface area contributed by atoms with Gasteiger partial charge in [0.25, 0.3) is 0 Å². The summed E-state index contributed by atoms with van der Waals surface area (Å²) in [5.41, 5.74) is 1.63. The number of rotatable bonds is 4. The molecule has 4 rings (SSSR count). The number of methoxy groups -OCH3 is 1. The molecule has 0 spiro atoms. The van der Waals surface area contributed by atoms with Gasteiger partial charge in [0.05, 0.1) is 17.7 Å². The minimum Gasteiger partial charge on any atom is -0.466 e. The predicted molar refractivity (Wildman–Crippen MR) is 112 cm³/mol. The Morgan fingerprint density at radius 3 is 2.79 bits per heavy atom. The predicted octanol–water partition coefficient (Wildman–Crippen LogP) is 5.03. The minimum atomic E-state index is -0.761. The Labute approximate surface area is 177 Å². The second-order valence-electron chi connectivity index (χ2n) is 7.14. The molecule has 1 unspecified atom stereocenters. The average Bonchev–Trinajstić information content (AvgIpc) is 3.30. The Morgan fingerprint density at radius 1 is 1.31 bits per heavy atom. The van der Waals surface area contributed by atoms with Crippen molar-refractivity contribution in [1.29, 1.82) is 0 Å². The van der Waals surface area contributed by atoms with E-state index in [1.165, 1.54) is 30.9 Å². The molecule has 2 aliphatic rings. The van der Waals surface area contributed by atoms with Crippen molar-refractivity contribution in [2.24, 2.45) is 10.9 Å². The highest BCUT2D eigenvalue weighted by molar-refractivity contribution is 7.11. The van der Waals surface area contributed by atoms with Crippen LogP contribution in [0.4, 0.5) is 4.39 Å². The van der Waals surface area contributed by atoms with Crippen molar-refractivity contribution in [2.75, 3.05) is 7.11 Å². The molecule has 1 aliphatic heterocycles. The van der Waals surface area contributed by atoms with Crippen LogP contribution in [0.25, 0.3) is 0 Å². The van der Waals surface area contributed by atoms with E-state index in [9.17, 15) is 9.18 Å². The molecule has 8 heteroatoms. The first-order valence-electron chi connectivity index (χ1n) is 9.61. The van der Waals surface area contributed by atoms with Gasteiger partial charge in [0.1, 0.15) is 11.9 Å². The Hall–Kier alpha value is -2.25. The monoisotopic (exact) mass is 433 g/mol. The number of thiazole rings is 1. The van der Waals surface area contributed by atoms with E-state index in [1.807, 2.05) is 5.38 Å². The van der Waals surface area contributed by atoms with Gasteiger partial charge in [-0.25, -0.2) is 14.2 Å². The Balaban J connectivity index is 1.89. The number of amidine groups is 1. The maximum absolute atomic E-state index is 14.2. The van der Waals surface area contributed by atoms with Crippen LogP contribution in [-0.4, -0.2) is 23.9 Å². The van der Waals surface area contributed by atoms with Gasteiger partial charge in [-0.1, -0.05) is 43.0 Å². The van der Waals surface area contributed by atoms with Gasteiger partial charge in [0.15, 0.2) is 10.8 Å². The second kappa shape index (κ2) is 8.63. The number of nitrogens with one attached hydrogen (secondary N) is 1. The zero-order valence-corrected chi connectivity index (χ0v) is 17.5. The highest BCUT2D eigenvalue weighted by Crippen LogP contribution is 2.41. The van der Waals surface area contributed by atoms with Crippen LogP contribution in [0.2, 0.25) is 5.02 Å². The average molecular weight is 434 g/mol. The van der Waals surface area contributed by atoms with Crippen LogP contribution in [-0.2, 0) is 9.53 Å². The lowest BCUT2D eigenvalue weighted by atomic mass is 9.82. The number of ether oxygens (including phenoxy) is 1. The molecule has 5 nitrogen and oxygen atoms in total. The molecule has 1 fully saturated rings. The van der Waals surface area contributed by atoms with Crippen LogP contribution in [0, 0.1) is 11.7 Å². The van der Waals surface area contributed by atoms with E-state index in [-0.39, 0.29) is 10.9 Å². The molecule has 0 radical (unpaired) electrons. The maximum atomic E-state index is 14.2. The third-order valence-electron chi connectivity index (χ3n) is 5.40. The van der Waals surface area contributed by atoms with E-state index in [2.05, 4.69) is 10.3 Å². The standard InChI is InChI=1S/C21H21ClFN3O2S/c1-28-21(27)15-17(12-6-3-2-4-7-12)25-19(20-24-10-11-29-20)26-18(15)13-8-5-9-14(23)16(13)22/h5,8-12,18H,2-4,6-7H2,1H3,(H,25,26). The van der Waals surface area contributed by atoms with Gasteiger partial charge in [0.2, 0.25) is 0 Å². The minimum absolute atomic E-state index is 0.0361. The largest absolute Gasteiger partial charge is 0.466 e. The van der Waals surface area contributed by atoms with Gasteiger partial charge in [-0.2, -0.15) is 0 Å². The van der Waals surface area contributed by atoms with Crippen molar-refractivity contribution in [3.63, 3.8) is 0 Å². The Morgan fingerprint density at radius 2 is 2.10 bits per heavy atom. The van der Waals surface area contributed by atoms with Crippen molar-refractivity contribution < 1.29 is 13.9 Å². The number of allylic oxidation sites excluding steroid dienone is 1. The fourth-order valence-electron chi connectivity index (χ4n) is 4.02. The molecule has 1 atom stereocenters. The van der Waals surface area contributed by atoms with Crippen LogP contribution < -0.4 is 5.32 Å². The molecule has 1 aromatic carbocycles. The molecule has 2 aromatic rings. The van der Waals surface area contributed by atoms with Crippen molar-refractivity contribution in [3.05, 3.63) is 62.5 Å². The zero-order valence-electron chi connectivity index (χ0n) is 16.0. The number of aliphatic imine (C=N–C) groups is 1. The van der Waals surface area contributed by atoms with Crippen molar-refractivity contribution in [2.45, 2.75) is 38.1 Å². The number of carbonyl (C=O) groups excluding carboxylic acids is 1. The fourth-order valence-corrected chi connectivity index (χ4v) is 4.84. The normalized spacial score (nSPS) is 20.2. The summed E-state index contributed by atoms with van der Waals surface area (Å²) in [5.74, 6) is -0.279. The van der Waals surface area contributed by atoms with Gasteiger partial charge in [-0.05, 0) is 24.8 Å². The first-order valence-corrected chi connectivity index (χ1v) is 10.9. The Kier molecular flexibility index (Phi) is 5.96. The number of nitrogens with zero attached hydrogens (tertiary/aromatic N) is 2. The number of aromatic nitrogens is 1. The van der Waals surface area contributed by atoms with Crippen molar-refractivity contribution in [3.8, 4) is 0 Å². The summed E-state index contributed by atoms with van der Waals surface area (Å²) in [6.45, 7) is 0. The van der Waals surface area contributed by atoms with Crippen molar-refractivity contribution in [1.82, 2.24) is 10.3 Å². The summed E-state index contributed by atoms with van der Waals surface area (Å²) in [5, 5.41) is 5.90. The molecule has 1 aromatic heterocycles. The van der Waals surface area contributed by atoms with Gasteiger partial charge in [-0.15, -0.1) is 11.3 Å². The van der Waals surface area contributed by atoms with Crippen LogP contribution in [0.5, 0.6) is 0 Å². The van der Waals surface area contributed by atoms with E-state index < -0.39 is 17.8 Å². The summed E-state index contributed by atoms with van der Waals surface area (Å²) in [7, 11) is 1.35. The van der Waals surface area contributed by atoms with E-state index in [0.717, 1.165) is 31.4 Å². The number of esters is 1. The summed E-state index contributed by atoms with van der Waals surface area (Å²) < 4.78 is 19.3. The van der Waals surface area contributed by atoms with Gasteiger partial charge < -0.3 is 10.1 Å². The van der Waals surface area contributed by atoms with E-state index in [0.29, 0.717) is 22.0 Å². The first kappa shape index (κ1) is 20.0. The second-order valence-corrected chi connectivity index (χ2v) is 8.41. The Bertz CT molecular complexity index is 968. The van der Waals surface area contributed by atoms with Gasteiger partial charge >= 0.3 is 5.97 Å². The first-order chi connectivity index (χ1) is 14.1. The molecular weight excluding hydrogens is 413 g/mol. The quantitative estimate of drug-likeness (QED) is 0.686. The number of hydrogen-bond acceptors (Lipinski definition) is 6. The summed E-state index contributed by atoms with van der Waals surface area (Å²) in [6, 6.07) is 3.81. The highest BCUT2D eigenvalue weighted by Gasteiger charge is 2.37. The van der Waals surface area contributed by atoms with E-state index in [4.69, 9.17) is 21.3 Å². The topological polar surface area (TPSA) is 63.6 Å². The lowest BCUT2D eigenvalue weighted by molar-refractivity contribution is -0.136. The molecule has 1 saturated carbocycles. The molecule has 0 amide bonds. The van der Waals surface area contributed by atoms with Crippen LogP contribution >= 0.6 is 22.9 Å². The third-order valence-corrected chi connectivity index (χ3v) is 6.58. The number of carbonyl (C=O) groups is 1. The molecule has 29 heavy (non-hydrogen) atoms. The highest BCUT2D eigenvalue weighted by atomic mass is 35.5. The molecule has 1 aliphatic carbocycles. The van der Waals surface area contributed by atoms with Crippen LogP contribution in [0.1, 0.15) is 48.7 Å². The molecule has 2 heterocycles. The zero-order chi connectivity index (χ0) is 20.4. The molecule has 0 bridgehead atoms. The number of halogens is 2. The van der Waals surface area contributed by atoms with Gasteiger partial charge in [0, 0.05) is 22.8 Å². The summed E-state index contributed by atoms with van der Waals surface area (Å²) in [6.07, 6.45) is 7.02. The SMILES string of the molecule is COC(=O)C1=C(C2CCCCC2)NC(c2nccs2)=NC1c1cccc(F)c1Cl. The molecule has 1 N–H and O–H groups in total. The summed E-state index contributed by atoms with van der Waals surface area (Å²) >= 11 is 7.74. The number of benzene rings is 1. The van der Waals surface area contributed by atoms with Crippen LogP contribution in [0.15, 0.2) is 46.0 Å².